The van der Waals surface area contributed by atoms with E-state index in [0.717, 1.165) is 28.9 Å². The highest BCUT2D eigenvalue weighted by Crippen LogP contribution is 2.38. The molecule has 2 aromatic carbocycles. The van der Waals surface area contributed by atoms with Crippen molar-refractivity contribution in [3.05, 3.63) is 71.3 Å². The largest absolute Gasteiger partial charge is 0.496 e. The second-order valence-electron chi connectivity index (χ2n) is 4.90. The molecule has 0 spiro atoms. The van der Waals surface area contributed by atoms with Gasteiger partial charge in [0.2, 0.25) is 0 Å². The zero-order valence-corrected chi connectivity index (χ0v) is 11.3. The summed E-state index contributed by atoms with van der Waals surface area (Å²) in [5.41, 5.74) is 4.10. The van der Waals surface area contributed by atoms with Crippen LogP contribution in [-0.4, -0.2) is 7.11 Å². The van der Waals surface area contributed by atoms with Gasteiger partial charge in [-0.3, -0.25) is 0 Å². The number of allylic oxidation sites excluding steroid dienone is 2. The van der Waals surface area contributed by atoms with Crippen LogP contribution < -0.4 is 4.74 Å². The maximum atomic E-state index is 9.41. The third-order valence-corrected chi connectivity index (χ3v) is 3.78. The highest BCUT2D eigenvalue weighted by molar-refractivity contribution is 5.82. The summed E-state index contributed by atoms with van der Waals surface area (Å²) in [6, 6.07) is 18.5. The number of fused-ring (bicyclic) bond motifs is 1. The van der Waals surface area contributed by atoms with Crippen LogP contribution >= 0.6 is 0 Å². The van der Waals surface area contributed by atoms with Gasteiger partial charge in [0, 0.05) is 11.5 Å². The Morgan fingerprint density at radius 3 is 2.60 bits per heavy atom. The van der Waals surface area contributed by atoms with E-state index in [1.165, 1.54) is 5.56 Å². The lowest BCUT2D eigenvalue weighted by molar-refractivity contribution is 0.408. The van der Waals surface area contributed by atoms with E-state index >= 15 is 0 Å². The fraction of sp³-hybridized carbons (Fsp3) is 0.167. The van der Waals surface area contributed by atoms with Crippen LogP contribution in [0, 0.1) is 11.3 Å². The number of benzene rings is 2. The fourth-order valence-corrected chi connectivity index (χ4v) is 2.80. The van der Waals surface area contributed by atoms with Crippen molar-refractivity contribution in [1.29, 1.82) is 5.26 Å². The molecule has 3 rings (SSSR count). The summed E-state index contributed by atoms with van der Waals surface area (Å²) in [5, 5.41) is 9.41. The number of rotatable bonds is 2. The van der Waals surface area contributed by atoms with Crippen molar-refractivity contribution in [3.8, 4) is 11.8 Å². The van der Waals surface area contributed by atoms with Crippen LogP contribution in [0.15, 0.2) is 54.6 Å². The van der Waals surface area contributed by atoms with Gasteiger partial charge in [0.1, 0.15) is 5.75 Å². The van der Waals surface area contributed by atoms with Gasteiger partial charge in [-0.25, -0.2) is 0 Å². The van der Waals surface area contributed by atoms with Gasteiger partial charge in [-0.15, -0.1) is 0 Å². The van der Waals surface area contributed by atoms with Crippen molar-refractivity contribution in [2.45, 2.75) is 12.3 Å². The average molecular weight is 261 g/mol. The van der Waals surface area contributed by atoms with Gasteiger partial charge in [0.25, 0.3) is 0 Å². The van der Waals surface area contributed by atoms with Gasteiger partial charge in [-0.05, 0) is 23.6 Å². The normalized spacial score (nSPS) is 16.8. The Balaban J connectivity index is 2.11. The zero-order valence-electron chi connectivity index (χ0n) is 11.3. The molecule has 1 atom stereocenters. The van der Waals surface area contributed by atoms with E-state index in [9.17, 15) is 5.26 Å². The van der Waals surface area contributed by atoms with E-state index in [0.29, 0.717) is 0 Å². The van der Waals surface area contributed by atoms with Crippen LogP contribution in [0.3, 0.4) is 0 Å². The van der Waals surface area contributed by atoms with E-state index in [1.807, 2.05) is 36.4 Å². The van der Waals surface area contributed by atoms with Crippen molar-refractivity contribution in [2.24, 2.45) is 0 Å². The summed E-state index contributed by atoms with van der Waals surface area (Å²) in [6.07, 6.45) is 2.94. The van der Waals surface area contributed by atoms with Gasteiger partial charge < -0.3 is 4.74 Å². The summed E-state index contributed by atoms with van der Waals surface area (Å²) >= 11 is 0. The SMILES string of the molecule is COc1cccc2c1CC(c1ccccc1)C=C2C#N. The van der Waals surface area contributed by atoms with Crippen LogP contribution in [0.1, 0.15) is 22.6 Å². The number of ether oxygens (including phenoxy) is 1. The Hall–Kier alpha value is -2.53. The minimum atomic E-state index is 0.231. The molecule has 1 aliphatic carbocycles. The molecule has 2 aromatic rings. The third-order valence-electron chi connectivity index (χ3n) is 3.78. The zero-order chi connectivity index (χ0) is 13.9. The highest BCUT2D eigenvalue weighted by atomic mass is 16.5. The predicted molar refractivity (Wildman–Crippen MR) is 79.5 cm³/mol. The van der Waals surface area contributed by atoms with Crippen molar-refractivity contribution in [1.82, 2.24) is 0 Å². The molecule has 0 N–H and O–H groups in total. The molecule has 0 bridgehead atoms. The van der Waals surface area contributed by atoms with Crippen LogP contribution in [0.5, 0.6) is 5.75 Å². The fourth-order valence-electron chi connectivity index (χ4n) is 2.80. The minimum Gasteiger partial charge on any atom is -0.496 e. The summed E-state index contributed by atoms with van der Waals surface area (Å²) in [6.45, 7) is 0. The average Bonchev–Trinajstić information content (AvgIpc) is 2.54. The summed E-state index contributed by atoms with van der Waals surface area (Å²) < 4.78 is 5.45. The Morgan fingerprint density at radius 2 is 1.90 bits per heavy atom. The standard InChI is InChI=1S/C18H15NO/c1-20-18-9-5-8-16-15(12-19)10-14(11-17(16)18)13-6-3-2-4-7-13/h2-10,14H,11H2,1H3. The lowest BCUT2D eigenvalue weighted by Gasteiger charge is -2.23. The molecule has 0 heterocycles. The van der Waals surface area contributed by atoms with E-state index in [1.54, 1.807) is 7.11 Å². The predicted octanol–water partition coefficient (Wildman–Crippen LogP) is 3.94. The summed E-state index contributed by atoms with van der Waals surface area (Å²) in [5.74, 6) is 1.10. The molecule has 0 radical (unpaired) electrons. The first-order chi connectivity index (χ1) is 9.83. The molecule has 98 valence electrons. The Morgan fingerprint density at radius 1 is 1.10 bits per heavy atom. The number of nitriles is 1. The third kappa shape index (κ3) is 2.08. The van der Waals surface area contributed by atoms with E-state index in [2.05, 4.69) is 24.3 Å². The Kier molecular flexibility index (Phi) is 3.26. The van der Waals surface area contributed by atoms with Crippen LogP contribution in [0.2, 0.25) is 0 Å². The minimum absolute atomic E-state index is 0.231. The highest BCUT2D eigenvalue weighted by Gasteiger charge is 2.23. The Bertz CT molecular complexity index is 695. The van der Waals surface area contributed by atoms with Crippen LogP contribution in [0.25, 0.3) is 5.57 Å². The number of hydrogen-bond acceptors (Lipinski definition) is 2. The molecule has 1 aliphatic rings. The topological polar surface area (TPSA) is 33.0 Å². The van der Waals surface area contributed by atoms with Gasteiger partial charge in [-0.1, -0.05) is 48.5 Å². The molecule has 2 nitrogen and oxygen atoms in total. The molecule has 2 heteroatoms. The molecular weight excluding hydrogens is 246 g/mol. The molecular formula is C18H15NO. The Labute approximate surface area is 118 Å². The van der Waals surface area contributed by atoms with Gasteiger partial charge in [-0.2, -0.15) is 5.26 Å². The quantitative estimate of drug-likeness (QED) is 0.820. The molecule has 20 heavy (non-hydrogen) atoms. The molecule has 0 fully saturated rings. The summed E-state index contributed by atoms with van der Waals surface area (Å²) in [7, 11) is 1.68. The summed E-state index contributed by atoms with van der Waals surface area (Å²) in [4.78, 5) is 0. The van der Waals surface area contributed by atoms with E-state index < -0.39 is 0 Å². The van der Waals surface area contributed by atoms with Gasteiger partial charge in [0.15, 0.2) is 0 Å². The first kappa shape index (κ1) is 12.5. The molecule has 0 aliphatic heterocycles. The second-order valence-corrected chi connectivity index (χ2v) is 4.90. The number of methoxy groups -OCH3 is 1. The van der Waals surface area contributed by atoms with Gasteiger partial charge >= 0.3 is 0 Å². The maximum Gasteiger partial charge on any atom is 0.122 e. The molecule has 0 saturated heterocycles. The van der Waals surface area contributed by atoms with E-state index in [-0.39, 0.29) is 5.92 Å². The van der Waals surface area contributed by atoms with Crippen LogP contribution in [-0.2, 0) is 6.42 Å². The van der Waals surface area contributed by atoms with E-state index in [4.69, 9.17) is 4.74 Å². The number of nitrogens with zero attached hydrogens (tertiary/aromatic N) is 1. The second kappa shape index (κ2) is 5.22. The van der Waals surface area contributed by atoms with Crippen molar-refractivity contribution in [2.75, 3.05) is 7.11 Å². The molecule has 1 unspecified atom stereocenters. The van der Waals surface area contributed by atoms with Crippen molar-refractivity contribution in [3.63, 3.8) is 0 Å². The monoisotopic (exact) mass is 261 g/mol. The smallest absolute Gasteiger partial charge is 0.122 e. The van der Waals surface area contributed by atoms with Gasteiger partial charge in [0.05, 0.1) is 18.8 Å². The first-order valence-corrected chi connectivity index (χ1v) is 6.66. The molecule has 0 aromatic heterocycles. The van der Waals surface area contributed by atoms with Crippen molar-refractivity contribution < 1.29 is 4.74 Å². The van der Waals surface area contributed by atoms with Crippen LogP contribution in [0.4, 0.5) is 0 Å². The molecule has 0 amide bonds. The molecule has 0 saturated carbocycles. The first-order valence-electron chi connectivity index (χ1n) is 6.66. The van der Waals surface area contributed by atoms with Crippen molar-refractivity contribution >= 4 is 5.57 Å². The lowest BCUT2D eigenvalue weighted by atomic mass is 9.81. The lowest BCUT2D eigenvalue weighted by Crippen LogP contribution is -2.10. The maximum absolute atomic E-state index is 9.41. The number of hydrogen-bond donors (Lipinski definition) is 0.